The minimum absolute atomic E-state index is 0.116. The molecule has 41 heavy (non-hydrogen) atoms. The van der Waals surface area contributed by atoms with Crippen molar-refractivity contribution in [2.75, 3.05) is 7.11 Å². The van der Waals surface area contributed by atoms with Gasteiger partial charge in [-0.3, -0.25) is 0 Å². The molecule has 0 aromatic heterocycles. The molecule has 2 amide bonds. The summed E-state index contributed by atoms with van der Waals surface area (Å²) in [7, 11) is -3.12. The number of esters is 1. The third-order valence-corrected chi connectivity index (χ3v) is 8.40. The molecule has 212 valence electrons. The normalized spacial score (nSPS) is 12.5. The highest BCUT2D eigenvalue weighted by Gasteiger charge is 2.43. The van der Waals surface area contributed by atoms with E-state index in [1.54, 1.807) is 60.7 Å². The van der Waals surface area contributed by atoms with Crippen molar-refractivity contribution in [2.45, 2.75) is 18.2 Å². The van der Waals surface area contributed by atoms with E-state index in [2.05, 4.69) is 10.6 Å². The van der Waals surface area contributed by atoms with E-state index in [9.17, 15) is 14.2 Å². The topological polar surface area (TPSA) is 103 Å². The van der Waals surface area contributed by atoms with Crippen LogP contribution in [0.3, 0.4) is 0 Å². The van der Waals surface area contributed by atoms with Gasteiger partial charge in [-0.2, -0.15) is 0 Å². The van der Waals surface area contributed by atoms with Gasteiger partial charge in [0.15, 0.2) is 5.78 Å². The van der Waals surface area contributed by atoms with E-state index in [1.165, 1.54) is 25.3 Å². The molecule has 8 nitrogen and oxygen atoms in total. The lowest BCUT2D eigenvalue weighted by atomic mass is 10.1. The van der Waals surface area contributed by atoms with Crippen molar-refractivity contribution in [3.8, 4) is 11.5 Å². The summed E-state index contributed by atoms with van der Waals surface area (Å²) in [4.78, 5) is 26.0. The Hall–Kier alpha value is -3.97. The maximum absolute atomic E-state index is 14.7. The van der Waals surface area contributed by atoms with Gasteiger partial charge in [0.05, 0.1) is 7.11 Å². The fraction of sp³-hybridized carbons (Fsp3) is 0.133. The molecule has 0 aliphatic rings. The SMILES string of the molecule is COC(=O)[C@H](Cc1ccccc1)NC(=O)NC(c1ccc(Cl)cc1Cl)P(=O)(Oc1ccccc1)Oc1ccccc1. The van der Waals surface area contributed by atoms with Gasteiger partial charge in [-0.25, -0.2) is 14.2 Å². The first-order valence-electron chi connectivity index (χ1n) is 12.5. The Bertz CT molecular complexity index is 1460. The molecule has 0 saturated heterocycles. The molecular formula is C30H27Cl2N2O6P. The second-order valence-corrected chi connectivity index (χ2v) is 11.6. The number of rotatable bonds is 11. The van der Waals surface area contributed by atoms with Crippen LogP contribution in [0.15, 0.2) is 109 Å². The Morgan fingerprint density at radius 1 is 0.780 bits per heavy atom. The minimum atomic E-state index is -4.35. The first kappa shape index (κ1) is 30.0. The Labute approximate surface area is 248 Å². The van der Waals surface area contributed by atoms with Gasteiger partial charge in [0.1, 0.15) is 17.5 Å². The van der Waals surface area contributed by atoms with E-state index < -0.39 is 31.4 Å². The van der Waals surface area contributed by atoms with E-state index >= 15 is 0 Å². The largest absolute Gasteiger partial charge is 0.467 e. The van der Waals surface area contributed by atoms with Crippen LogP contribution in [0.4, 0.5) is 4.79 Å². The number of para-hydroxylation sites is 2. The van der Waals surface area contributed by atoms with Crippen LogP contribution < -0.4 is 19.7 Å². The van der Waals surface area contributed by atoms with Crippen LogP contribution in [0.1, 0.15) is 16.9 Å². The summed E-state index contributed by atoms with van der Waals surface area (Å²) in [5.74, 6) is -1.61. The highest BCUT2D eigenvalue weighted by molar-refractivity contribution is 7.55. The lowest BCUT2D eigenvalue weighted by molar-refractivity contribution is -0.142. The monoisotopic (exact) mass is 612 g/mol. The summed E-state index contributed by atoms with van der Waals surface area (Å²) >= 11 is 12.7. The molecule has 4 rings (SSSR count). The number of urea groups is 1. The zero-order valence-electron chi connectivity index (χ0n) is 21.9. The Balaban J connectivity index is 1.72. The number of benzene rings is 4. The van der Waals surface area contributed by atoms with Gasteiger partial charge in [0.25, 0.3) is 0 Å². The van der Waals surface area contributed by atoms with Crippen LogP contribution in [0, 0.1) is 0 Å². The van der Waals surface area contributed by atoms with Crippen LogP contribution >= 0.6 is 30.8 Å². The third kappa shape index (κ3) is 8.27. The molecule has 1 unspecified atom stereocenters. The lowest BCUT2D eigenvalue weighted by Crippen LogP contribution is -2.48. The predicted molar refractivity (Wildman–Crippen MR) is 159 cm³/mol. The van der Waals surface area contributed by atoms with Crippen LogP contribution in [0.5, 0.6) is 11.5 Å². The number of hydrogen-bond acceptors (Lipinski definition) is 6. The molecule has 0 fully saturated rings. The number of carbonyl (C=O) groups is 2. The predicted octanol–water partition coefficient (Wildman–Crippen LogP) is 7.43. The first-order valence-corrected chi connectivity index (χ1v) is 14.9. The average molecular weight is 613 g/mol. The van der Waals surface area contributed by atoms with Gasteiger partial charge in [-0.15, -0.1) is 0 Å². The van der Waals surface area contributed by atoms with E-state index in [0.29, 0.717) is 5.02 Å². The van der Waals surface area contributed by atoms with Crippen molar-refractivity contribution in [1.82, 2.24) is 10.6 Å². The van der Waals surface area contributed by atoms with Gasteiger partial charge < -0.3 is 24.4 Å². The molecule has 2 N–H and O–H groups in total. The Morgan fingerprint density at radius 2 is 1.32 bits per heavy atom. The van der Waals surface area contributed by atoms with Crippen LogP contribution in [-0.4, -0.2) is 25.2 Å². The van der Waals surface area contributed by atoms with Crippen molar-refractivity contribution in [3.05, 3.63) is 130 Å². The van der Waals surface area contributed by atoms with Crippen LogP contribution in [0.25, 0.3) is 0 Å². The van der Waals surface area contributed by atoms with Crippen molar-refractivity contribution >= 4 is 42.8 Å². The van der Waals surface area contributed by atoms with E-state index in [0.717, 1.165) is 5.56 Å². The summed E-state index contributed by atoms with van der Waals surface area (Å²) in [6.45, 7) is 0. The fourth-order valence-corrected chi connectivity index (χ4v) is 6.45. The summed E-state index contributed by atoms with van der Waals surface area (Å²) in [5, 5.41) is 5.74. The van der Waals surface area contributed by atoms with Gasteiger partial charge in [0, 0.05) is 22.0 Å². The smallest absolute Gasteiger partial charge is 0.457 e. The van der Waals surface area contributed by atoms with Crippen molar-refractivity contribution in [3.63, 3.8) is 0 Å². The maximum Gasteiger partial charge on any atom is 0.457 e. The van der Waals surface area contributed by atoms with Gasteiger partial charge in [-0.1, -0.05) is 96.0 Å². The molecule has 4 aromatic rings. The van der Waals surface area contributed by atoms with Crippen molar-refractivity contribution < 1.29 is 27.9 Å². The van der Waals surface area contributed by atoms with E-state index in [4.69, 9.17) is 37.0 Å². The number of hydrogen-bond donors (Lipinski definition) is 2. The molecule has 2 atom stereocenters. The maximum atomic E-state index is 14.7. The standard InChI is InChI=1S/C30H27Cl2N2O6P/c1-38-29(35)27(19-21-11-5-2-6-12-21)33-30(36)34-28(25-18-17-22(31)20-26(25)32)41(37,39-23-13-7-3-8-14-23)40-24-15-9-4-10-16-24/h2-18,20,27-28H,19H2,1H3,(H2,33,34,36)/t27-,28?/m0/s1. The molecule has 11 heteroatoms. The molecule has 0 heterocycles. The van der Waals surface area contributed by atoms with Gasteiger partial charge in [0.2, 0.25) is 0 Å². The third-order valence-electron chi connectivity index (χ3n) is 5.87. The van der Waals surface area contributed by atoms with Crippen molar-refractivity contribution in [1.29, 1.82) is 0 Å². The summed E-state index contributed by atoms with van der Waals surface area (Å²) in [6, 6.07) is 28.5. The highest BCUT2D eigenvalue weighted by Crippen LogP contribution is 2.59. The summed E-state index contributed by atoms with van der Waals surface area (Å²) in [6.07, 6.45) is 0.159. The number of halogens is 2. The molecule has 0 bridgehead atoms. The molecule has 0 aliphatic heterocycles. The van der Waals surface area contributed by atoms with Crippen LogP contribution in [0.2, 0.25) is 10.0 Å². The fourth-order valence-electron chi connectivity index (χ4n) is 3.94. The number of nitrogens with one attached hydrogen (secondary N) is 2. The molecule has 0 saturated carbocycles. The summed E-state index contributed by atoms with van der Waals surface area (Å²) in [5.41, 5.74) is 1.02. The minimum Gasteiger partial charge on any atom is -0.467 e. The second kappa shape index (κ2) is 14.1. The number of carbonyl (C=O) groups excluding carboxylic acids is 2. The average Bonchev–Trinajstić information content (AvgIpc) is 2.97. The van der Waals surface area contributed by atoms with Crippen LogP contribution in [-0.2, 0) is 20.5 Å². The Morgan fingerprint density at radius 3 is 1.83 bits per heavy atom. The van der Waals surface area contributed by atoms with E-state index in [1.807, 2.05) is 30.3 Å². The number of ether oxygens (including phenoxy) is 1. The zero-order valence-corrected chi connectivity index (χ0v) is 24.3. The molecule has 0 spiro atoms. The molecule has 4 aromatic carbocycles. The zero-order chi connectivity index (χ0) is 29.2. The molecule has 0 radical (unpaired) electrons. The van der Waals surface area contributed by atoms with Gasteiger partial charge in [-0.05, 0) is 42.0 Å². The number of methoxy groups -OCH3 is 1. The highest BCUT2D eigenvalue weighted by atomic mass is 35.5. The summed E-state index contributed by atoms with van der Waals surface area (Å²) < 4.78 is 31.6. The molecule has 0 aliphatic carbocycles. The quantitative estimate of drug-likeness (QED) is 0.135. The van der Waals surface area contributed by atoms with E-state index in [-0.39, 0.29) is 28.5 Å². The second-order valence-electron chi connectivity index (χ2n) is 8.80. The first-order chi connectivity index (χ1) is 19.8. The lowest BCUT2D eigenvalue weighted by Gasteiger charge is -2.29. The number of amides is 2. The Kier molecular flexibility index (Phi) is 10.3. The van der Waals surface area contributed by atoms with Gasteiger partial charge >= 0.3 is 19.6 Å². The van der Waals surface area contributed by atoms with Crippen molar-refractivity contribution in [2.24, 2.45) is 0 Å². The molecular weight excluding hydrogens is 586 g/mol.